The minimum Gasteiger partial charge on any atom is -0.501 e. The zero-order valence-corrected chi connectivity index (χ0v) is 51.8. The van der Waals surface area contributed by atoms with Crippen LogP contribution in [0.2, 0.25) is 0 Å². The van der Waals surface area contributed by atoms with Crippen LogP contribution in [-0.4, -0.2) is 24.1 Å². The van der Waals surface area contributed by atoms with E-state index in [-0.39, 0.29) is 44.7 Å². The number of fused-ring (bicyclic) bond motifs is 8. The smallest absolute Gasteiger partial charge is 0.501 e. The molecular weight excluding hydrogens is 1220 g/mol. The maximum absolute atomic E-state index is 7.25. The summed E-state index contributed by atoms with van der Waals surface area (Å²) in [7, 11) is 0. The fourth-order valence-corrected chi connectivity index (χ4v) is 12.8. The molecule has 14 aromatic rings. The quantitative estimate of drug-likeness (QED) is 0.0900. The Bertz CT molecular complexity index is 4850. The summed E-state index contributed by atoms with van der Waals surface area (Å²) < 4.78 is 19.2. The molecule has 0 radical (unpaired) electrons. The average Bonchev–Trinajstić information content (AvgIpc) is 1.83. The fraction of sp³-hybridized carbons (Fsp3) is 0.182. The van der Waals surface area contributed by atoms with Gasteiger partial charge < -0.3 is 18.3 Å². The molecule has 0 bridgehead atoms. The molecule has 0 aliphatic heterocycles. The standard InChI is InChI=1S/C77H65N5O2.Pt/c1-44(2)59-37-55(50-22-13-11-14-23-50)38-60(45(3)4)73(59)81-69-30-19-17-28-67(69)79-76(81)54-26-21-27-57(35-54)83-58-41-65-64-36-52-32-33-53-34-48(9)78-49(10)72(53)63(52)43-71(64)84-75(65)66(42-58)77-80-68-29-18-20-31-70(68)82(77)74-61(46(5)6)39-56(40-62(74)47(7)8)51-24-15-12-16-25-51;/h11-34,36-41,43-47H,1-10H3;/q-2;+2. The van der Waals surface area contributed by atoms with Crippen molar-refractivity contribution in [2.24, 2.45) is 0 Å². The first-order chi connectivity index (χ1) is 40.8. The normalized spacial score (nSPS) is 12.0. The Morgan fingerprint density at radius 3 is 1.52 bits per heavy atom. The average molecular weight is 1290 g/mol. The second-order valence-electron chi connectivity index (χ2n) is 23.8. The molecule has 420 valence electrons. The number of nitrogens with zero attached hydrogens (tertiary/aromatic N) is 5. The van der Waals surface area contributed by atoms with Gasteiger partial charge in [0.05, 0.1) is 39.3 Å². The summed E-state index contributed by atoms with van der Waals surface area (Å²) in [5, 5.41) is 6.30. The Morgan fingerprint density at radius 1 is 0.435 bits per heavy atom. The van der Waals surface area contributed by atoms with Crippen molar-refractivity contribution >= 4 is 65.6 Å². The third-order valence-corrected chi connectivity index (χ3v) is 16.8. The van der Waals surface area contributed by atoms with Gasteiger partial charge in [-0.3, -0.25) is 15.0 Å². The zero-order valence-electron chi connectivity index (χ0n) is 49.6. The van der Waals surface area contributed by atoms with Gasteiger partial charge in [-0.15, -0.1) is 23.8 Å². The van der Waals surface area contributed by atoms with E-state index < -0.39 is 0 Å². The van der Waals surface area contributed by atoms with Crippen molar-refractivity contribution in [1.82, 2.24) is 24.1 Å². The second-order valence-corrected chi connectivity index (χ2v) is 23.8. The van der Waals surface area contributed by atoms with Crippen molar-refractivity contribution in [3.05, 3.63) is 234 Å². The Kier molecular flexibility index (Phi) is 14.3. The predicted molar refractivity (Wildman–Crippen MR) is 348 cm³/mol. The molecule has 14 rings (SSSR count). The molecule has 85 heavy (non-hydrogen) atoms. The van der Waals surface area contributed by atoms with Crippen LogP contribution in [0, 0.1) is 26.0 Å². The van der Waals surface area contributed by atoms with Crippen LogP contribution in [0.1, 0.15) is 113 Å². The van der Waals surface area contributed by atoms with Crippen LogP contribution in [-0.2, 0) is 21.1 Å². The summed E-state index contributed by atoms with van der Waals surface area (Å²) in [5.74, 6) is 3.29. The van der Waals surface area contributed by atoms with Gasteiger partial charge in [0.25, 0.3) is 0 Å². The Balaban J connectivity index is 0.00000672. The molecule has 0 fully saturated rings. The van der Waals surface area contributed by atoms with E-state index in [1.807, 2.05) is 12.1 Å². The van der Waals surface area contributed by atoms with Crippen molar-refractivity contribution in [1.29, 1.82) is 0 Å². The van der Waals surface area contributed by atoms with E-state index in [9.17, 15) is 0 Å². The maximum atomic E-state index is 7.25. The second kappa shape index (κ2) is 21.9. The van der Waals surface area contributed by atoms with Crippen molar-refractivity contribution < 1.29 is 30.2 Å². The predicted octanol–water partition coefficient (Wildman–Crippen LogP) is 21.1. The summed E-state index contributed by atoms with van der Waals surface area (Å²) in [5.41, 5.74) is 20.7. The molecule has 0 saturated carbocycles. The van der Waals surface area contributed by atoms with Gasteiger partial charge in [0.1, 0.15) is 5.58 Å². The number of aryl methyl sites for hydroxylation is 2. The molecule has 7 nitrogen and oxygen atoms in total. The molecule has 0 unspecified atom stereocenters. The van der Waals surface area contributed by atoms with E-state index >= 15 is 0 Å². The first kappa shape index (κ1) is 55.3. The van der Waals surface area contributed by atoms with Gasteiger partial charge in [0.15, 0.2) is 0 Å². The van der Waals surface area contributed by atoms with Gasteiger partial charge in [-0.05, 0) is 165 Å². The number of imidazole rings is 2. The number of pyridine rings is 1. The van der Waals surface area contributed by atoms with E-state index in [1.165, 1.54) is 44.5 Å². The summed E-state index contributed by atoms with van der Waals surface area (Å²) >= 11 is 0. The largest absolute Gasteiger partial charge is 2.00 e. The van der Waals surface area contributed by atoms with Crippen LogP contribution in [0.15, 0.2) is 192 Å². The van der Waals surface area contributed by atoms with Gasteiger partial charge in [-0.2, -0.15) is 0 Å². The summed E-state index contributed by atoms with van der Waals surface area (Å²) in [6.45, 7) is 22.4. The van der Waals surface area contributed by atoms with E-state index in [2.05, 4.69) is 266 Å². The SMILES string of the molecule is Cc1cc2ccc3cc4c(cc3c2c(C)n1)oc1c(-c2nc3ccccc3n2-c2c(C(C)C)cc(-c3ccccc3)cc2C(C)C)[c-]c(Oc2[c-]c(-c3nc5ccccc5n3-c3c(C(C)C)cc(-c5ccccc5)cc3C(C)C)ccc2)cc14.[Pt+2]. The molecule has 4 aromatic heterocycles. The number of para-hydroxylation sites is 4. The molecule has 0 N–H and O–H groups in total. The number of ether oxygens (including phenoxy) is 1. The topological polar surface area (TPSA) is 70.9 Å². The summed E-state index contributed by atoms with van der Waals surface area (Å²) in [6.07, 6.45) is 0. The van der Waals surface area contributed by atoms with Crippen molar-refractivity contribution in [2.75, 3.05) is 0 Å². The van der Waals surface area contributed by atoms with Gasteiger partial charge in [0, 0.05) is 45.0 Å². The number of benzene rings is 10. The zero-order chi connectivity index (χ0) is 57.7. The van der Waals surface area contributed by atoms with E-state index in [0.29, 0.717) is 28.5 Å². The van der Waals surface area contributed by atoms with Gasteiger partial charge in [0.2, 0.25) is 0 Å². The minimum absolute atomic E-state index is 0. The summed E-state index contributed by atoms with van der Waals surface area (Å²) in [6, 6.07) is 74.5. The molecule has 0 amide bonds. The Labute approximate surface area is 511 Å². The van der Waals surface area contributed by atoms with E-state index in [0.717, 1.165) is 94.1 Å². The maximum Gasteiger partial charge on any atom is 2.00 e. The van der Waals surface area contributed by atoms with Crippen LogP contribution >= 0.6 is 0 Å². The van der Waals surface area contributed by atoms with E-state index in [1.54, 1.807) is 0 Å². The van der Waals surface area contributed by atoms with Crippen LogP contribution < -0.4 is 4.74 Å². The molecule has 0 aliphatic rings. The number of furan rings is 1. The summed E-state index contributed by atoms with van der Waals surface area (Å²) in [4.78, 5) is 15.9. The van der Waals surface area contributed by atoms with Crippen molar-refractivity contribution in [3.63, 3.8) is 0 Å². The fourth-order valence-electron chi connectivity index (χ4n) is 12.8. The Hall–Kier alpha value is -8.90. The number of hydrogen-bond donors (Lipinski definition) is 0. The first-order valence-electron chi connectivity index (χ1n) is 29.5. The molecule has 0 atom stereocenters. The number of rotatable bonds is 12. The Morgan fingerprint density at radius 2 is 0.953 bits per heavy atom. The molecule has 8 heteroatoms. The third-order valence-electron chi connectivity index (χ3n) is 16.8. The van der Waals surface area contributed by atoms with Crippen LogP contribution in [0.5, 0.6) is 11.5 Å². The number of hydrogen-bond acceptors (Lipinski definition) is 5. The monoisotopic (exact) mass is 1290 g/mol. The molecular formula is C77H65N5O2Pt. The van der Waals surface area contributed by atoms with Crippen molar-refractivity contribution in [2.45, 2.75) is 92.9 Å². The molecule has 0 aliphatic carbocycles. The van der Waals surface area contributed by atoms with Gasteiger partial charge in [-0.25, -0.2) is 0 Å². The van der Waals surface area contributed by atoms with Crippen molar-refractivity contribution in [3.8, 4) is 67.9 Å². The van der Waals surface area contributed by atoms with Gasteiger partial charge in [-0.1, -0.05) is 182 Å². The molecule has 0 saturated heterocycles. The minimum atomic E-state index is 0. The first-order valence-corrected chi connectivity index (χ1v) is 29.5. The molecule has 10 aromatic carbocycles. The molecule has 4 heterocycles. The van der Waals surface area contributed by atoms with Gasteiger partial charge >= 0.3 is 21.1 Å². The third kappa shape index (κ3) is 9.63. The van der Waals surface area contributed by atoms with Crippen LogP contribution in [0.25, 0.3) is 122 Å². The molecule has 0 spiro atoms. The van der Waals surface area contributed by atoms with Crippen LogP contribution in [0.4, 0.5) is 0 Å². The van der Waals surface area contributed by atoms with E-state index in [4.69, 9.17) is 24.1 Å². The number of aromatic nitrogens is 5. The van der Waals surface area contributed by atoms with Crippen LogP contribution in [0.3, 0.4) is 0 Å².